The Morgan fingerprint density at radius 2 is 1.82 bits per heavy atom. The first-order chi connectivity index (χ1) is 18.2. The number of aromatic nitrogens is 2. The molecular weight excluding hydrogens is 520 g/mol. The molecule has 0 aliphatic carbocycles. The van der Waals surface area contributed by atoms with Crippen molar-refractivity contribution in [3.63, 3.8) is 0 Å². The number of nitriles is 1. The molecule has 1 saturated heterocycles. The van der Waals surface area contributed by atoms with Crippen LogP contribution >= 0.6 is 11.3 Å². The Balaban J connectivity index is 1.25. The van der Waals surface area contributed by atoms with Crippen LogP contribution in [0.15, 0.2) is 52.7 Å². The Labute approximate surface area is 226 Å². The molecule has 5 rings (SSSR count). The van der Waals surface area contributed by atoms with Crippen LogP contribution in [0.5, 0.6) is 11.6 Å². The quantitative estimate of drug-likeness (QED) is 0.340. The minimum atomic E-state index is -3.68. The third-order valence-electron chi connectivity index (χ3n) is 6.64. The number of benzene rings is 2. The molecule has 1 aliphatic rings. The van der Waals surface area contributed by atoms with Crippen molar-refractivity contribution in [3.05, 3.63) is 70.1 Å². The summed E-state index contributed by atoms with van der Waals surface area (Å²) in [7, 11) is -3.68. The molecule has 2 aromatic carbocycles. The van der Waals surface area contributed by atoms with Crippen molar-refractivity contribution >= 4 is 37.5 Å². The zero-order valence-corrected chi connectivity index (χ0v) is 22.8. The van der Waals surface area contributed by atoms with E-state index in [9.17, 15) is 13.7 Å². The number of anilines is 1. The number of thiophene rings is 1. The van der Waals surface area contributed by atoms with E-state index in [4.69, 9.17) is 19.8 Å². The van der Waals surface area contributed by atoms with E-state index in [1.165, 1.54) is 11.3 Å². The molecule has 0 unspecified atom stereocenters. The predicted molar refractivity (Wildman–Crippen MR) is 148 cm³/mol. The maximum Gasteiger partial charge on any atom is 0.242 e. The van der Waals surface area contributed by atoms with E-state index < -0.39 is 10.0 Å². The van der Waals surface area contributed by atoms with Gasteiger partial charge in [0.15, 0.2) is 0 Å². The van der Waals surface area contributed by atoms with Crippen molar-refractivity contribution in [3.8, 4) is 17.7 Å². The number of fused-ring (bicyclic) bond motifs is 1. The minimum Gasteiger partial charge on any atom is -0.437 e. The lowest BCUT2D eigenvalue weighted by Crippen LogP contribution is -2.39. The molecular formula is C27H28N6O3S2. The highest BCUT2D eigenvalue weighted by Gasteiger charge is 2.22. The third-order valence-corrected chi connectivity index (χ3v) is 8.46. The standard InChI is InChI=1S/C27H28N6O3S2/c1-17-13-20(15-28)14-18(2)24(17)36-26-25-23(9-12-37-25)31-27(32-26)30-21-7-10-33(11-8-21)16-19-3-5-22(6-4-19)38(29,34)35/h3-6,9,12-14,21H,7-8,10-11,16H2,1-2H3,(H2,29,34,35)(H,30,31,32). The first-order valence-corrected chi connectivity index (χ1v) is 14.7. The van der Waals surface area contributed by atoms with Crippen LogP contribution in [-0.4, -0.2) is 42.4 Å². The summed E-state index contributed by atoms with van der Waals surface area (Å²) in [5.41, 5.74) is 4.24. The average molecular weight is 549 g/mol. The Hall–Kier alpha value is -3.56. The SMILES string of the molecule is Cc1cc(C#N)cc(C)c1Oc1nc(NC2CCN(Cc3ccc(S(N)(=O)=O)cc3)CC2)nc2ccsc12. The van der Waals surface area contributed by atoms with Crippen molar-refractivity contribution in [2.24, 2.45) is 5.14 Å². The first-order valence-electron chi connectivity index (χ1n) is 12.2. The molecule has 2 aromatic heterocycles. The van der Waals surface area contributed by atoms with Crippen LogP contribution in [0.2, 0.25) is 0 Å². The van der Waals surface area contributed by atoms with Gasteiger partial charge in [-0.2, -0.15) is 10.2 Å². The van der Waals surface area contributed by atoms with E-state index in [0.29, 0.717) is 23.1 Å². The topological polar surface area (TPSA) is 134 Å². The van der Waals surface area contributed by atoms with Gasteiger partial charge < -0.3 is 10.1 Å². The van der Waals surface area contributed by atoms with Crippen LogP contribution in [0.1, 0.15) is 35.1 Å². The smallest absolute Gasteiger partial charge is 0.242 e. The Bertz CT molecular complexity index is 1600. The molecule has 0 bridgehead atoms. The predicted octanol–water partition coefficient (Wildman–Crippen LogP) is 4.70. The molecule has 9 nitrogen and oxygen atoms in total. The lowest BCUT2D eigenvalue weighted by atomic mass is 10.0. The lowest BCUT2D eigenvalue weighted by Gasteiger charge is -2.32. The van der Waals surface area contributed by atoms with E-state index in [-0.39, 0.29) is 10.9 Å². The highest BCUT2D eigenvalue weighted by molar-refractivity contribution is 7.89. The number of primary sulfonamides is 1. The fourth-order valence-electron chi connectivity index (χ4n) is 4.70. The summed E-state index contributed by atoms with van der Waals surface area (Å²) in [5, 5.41) is 19.9. The van der Waals surface area contributed by atoms with Crippen LogP contribution in [0, 0.1) is 25.2 Å². The molecule has 0 spiro atoms. The normalized spacial score (nSPS) is 14.9. The van der Waals surface area contributed by atoms with Gasteiger partial charge in [0.2, 0.25) is 21.9 Å². The van der Waals surface area contributed by atoms with E-state index in [1.54, 1.807) is 12.1 Å². The molecule has 0 amide bonds. The Kier molecular flexibility index (Phi) is 7.32. The molecule has 0 radical (unpaired) electrons. The summed E-state index contributed by atoms with van der Waals surface area (Å²) in [6, 6.07) is 14.7. The van der Waals surface area contributed by atoms with Crippen molar-refractivity contribution < 1.29 is 13.2 Å². The van der Waals surface area contributed by atoms with E-state index >= 15 is 0 Å². The molecule has 196 valence electrons. The van der Waals surface area contributed by atoms with Gasteiger partial charge >= 0.3 is 0 Å². The minimum absolute atomic E-state index is 0.125. The second-order valence-electron chi connectivity index (χ2n) is 9.52. The van der Waals surface area contributed by atoms with Gasteiger partial charge in [-0.3, -0.25) is 4.90 Å². The van der Waals surface area contributed by atoms with Gasteiger partial charge in [-0.05, 0) is 79.1 Å². The molecule has 1 fully saturated rings. The second-order valence-corrected chi connectivity index (χ2v) is 12.0. The number of nitrogens with one attached hydrogen (secondary N) is 1. The summed E-state index contributed by atoms with van der Waals surface area (Å²) < 4.78 is 30.1. The van der Waals surface area contributed by atoms with E-state index in [1.807, 2.05) is 49.6 Å². The molecule has 38 heavy (non-hydrogen) atoms. The van der Waals surface area contributed by atoms with Gasteiger partial charge in [0.25, 0.3) is 0 Å². The summed E-state index contributed by atoms with van der Waals surface area (Å²) in [6.45, 7) is 6.38. The van der Waals surface area contributed by atoms with Gasteiger partial charge in [0.05, 0.1) is 22.0 Å². The van der Waals surface area contributed by atoms with Crippen molar-refractivity contribution in [2.75, 3.05) is 18.4 Å². The van der Waals surface area contributed by atoms with E-state index in [0.717, 1.165) is 59.4 Å². The average Bonchev–Trinajstić information content (AvgIpc) is 3.36. The number of sulfonamides is 1. The van der Waals surface area contributed by atoms with Gasteiger partial charge in [-0.25, -0.2) is 18.5 Å². The zero-order chi connectivity index (χ0) is 26.9. The number of likely N-dealkylation sites (tertiary alicyclic amines) is 1. The lowest BCUT2D eigenvalue weighted by molar-refractivity contribution is 0.211. The van der Waals surface area contributed by atoms with Crippen LogP contribution in [-0.2, 0) is 16.6 Å². The number of nitrogens with two attached hydrogens (primary N) is 1. The number of nitrogens with zero attached hydrogens (tertiary/aromatic N) is 4. The van der Waals surface area contributed by atoms with Gasteiger partial charge in [-0.1, -0.05) is 12.1 Å². The van der Waals surface area contributed by atoms with E-state index in [2.05, 4.69) is 16.3 Å². The third kappa shape index (κ3) is 5.79. The van der Waals surface area contributed by atoms with Gasteiger partial charge in [0.1, 0.15) is 10.4 Å². The van der Waals surface area contributed by atoms with Crippen LogP contribution in [0.25, 0.3) is 10.2 Å². The molecule has 11 heteroatoms. The monoisotopic (exact) mass is 548 g/mol. The van der Waals surface area contributed by atoms with Crippen molar-refractivity contribution in [2.45, 2.75) is 44.2 Å². The number of hydrogen-bond donors (Lipinski definition) is 2. The molecule has 0 atom stereocenters. The summed E-state index contributed by atoms with van der Waals surface area (Å²) in [6.07, 6.45) is 1.84. The number of piperidine rings is 1. The number of rotatable bonds is 7. The highest BCUT2D eigenvalue weighted by Crippen LogP contribution is 2.36. The van der Waals surface area contributed by atoms with Crippen LogP contribution in [0.4, 0.5) is 5.95 Å². The number of hydrogen-bond acceptors (Lipinski definition) is 9. The second kappa shape index (κ2) is 10.7. The number of aryl methyl sites for hydroxylation is 2. The van der Waals surface area contributed by atoms with Crippen molar-refractivity contribution in [1.29, 1.82) is 5.26 Å². The maximum atomic E-state index is 11.5. The highest BCUT2D eigenvalue weighted by atomic mass is 32.2. The Morgan fingerprint density at radius 3 is 2.45 bits per heavy atom. The molecule has 4 aromatic rings. The molecule has 3 N–H and O–H groups in total. The largest absolute Gasteiger partial charge is 0.437 e. The van der Waals surface area contributed by atoms with Gasteiger partial charge in [0, 0.05) is 25.7 Å². The van der Waals surface area contributed by atoms with Gasteiger partial charge in [-0.15, -0.1) is 11.3 Å². The van der Waals surface area contributed by atoms with Crippen molar-refractivity contribution in [1.82, 2.24) is 14.9 Å². The fourth-order valence-corrected chi connectivity index (χ4v) is 5.97. The first kappa shape index (κ1) is 26.1. The molecule has 0 saturated carbocycles. The Morgan fingerprint density at radius 1 is 1.13 bits per heavy atom. The van der Waals surface area contributed by atoms with Crippen LogP contribution < -0.4 is 15.2 Å². The molecule has 1 aliphatic heterocycles. The summed E-state index contributed by atoms with van der Waals surface area (Å²) in [4.78, 5) is 11.9. The van der Waals surface area contributed by atoms with Crippen LogP contribution in [0.3, 0.4) is 0 Å². The summed E-state index contributed by atoms with van der Waals surface area (Å²) in [5.74, 6) is 1.74. The zero-order valence-electron chi connectivity index (χ0n) is 21.1. The summed E-state index contributed by atoms with van der Waals surface area (Å²) >= 11 is 1.53. The number of ether oxygens (including phenoxy) is 1. The maximum absolute atomic E-state index is 11.5. The fraction of sp³-hybridized carbons (Fsp3) is 0.296. The molecule has 3 heterocycles.